The molecule has 0 bridgehead atoms. The Morgan fingerprint density at radius 2 is 2.18 bits per heavy atom. The van der Waals surface area contributed by atoms with Gasteiger partial charge in [0.15, 0.2) is 0 Å². The molecule has 0 amide bonds. The molecule has 0 unspecified atom stereocenters. The second-order valence-electron chi connectivity index (χ2n) is 3.97. The van der Waals surface area contributed by atoms with Crippen LogP contribution in [0.25, 0.3) is 0 Å². The number of nitrogens with zero attached hydrogens (tertiary/aromatic N) is 3. The molecule has 0 atom stereocenters. The van der Waals surface area contributed by atoms with E-state index in [1.165, 1.54) is 6.33 Å². The van der Waals surface area contributed by atoms with Crippen LogP contribution in [0.2, 0.25) is 5.15 Å². The van der Waals surface area contributed by atoms with Crippen LogP contribution in [-0.4, -0.2) is 41.4 Å². The van der Waals surface area contributed by atoms with Gasteiger partial charge in [0, 0.05) is 13.6 Å². The van der Waals surface area contributed by atoms with Crippen LogP contribution in [0.1, 0.15) is 19.4 Å². The molecule has 0 aliphatic carbocycles. The number of hydrogen-bond acceptors (Lipinski definition) is 5. The summed E-state index contributed by atoms with van der Waals surface area (Å²) < 4.78 is 5.46. The molecule has 0 aromatic carbocycles. The first-order valence-electron chi connectivity index (χ1n) is 5.49. The lowest BCUT2D eigenvalue weighted by Crippen LogP contribution is -2.26. The third kappa shape index (κ3) is 4.11. The highest BCUT2D eigenvalue weighted by Gasteiger charge is 2.12. The van der Waals surface area contributed by atoms with Gasteiger partial charge in [0.25, 0.3) is 0 Å². The summed E-state index contributed by atoms with van der Waals surface area (Å²) in [7, 11) is 1.88. The van der Waals surface area contributed by atoms with Crippen molar-refractivity contribution in [2.75, 3.05) is 25.1 Å². The van der Waals surface area contributed by atoms with E-state index in [1.54, 1.807) is 0 Å². The Balaban J connectivity index is 2.68. The molecule has 96 valence electrons. The molecule has 1 aromatic rings. The fraction of sp³-hybridized carbons (Fsp3) is 0.636. The molecule has 1 N–H and O–H groups in total. The molecule has 0 saturated heterocycles. The van der Waals surface area contributed by atoms with E-state index in [2.05, 4.69) is 9.97 Å². The number of hydrogen-bond donors (Lipinski definition) is 1. The van der Waals surface area contributed by atoms with Gasteiger partial charge in [-0.3, -0.25) is 0 Å². The van der Waals surface area contributed by atoms with E-state index in [0.717, 1.165) is 0 Å². The van der Waals surface area contributed by atoms with E-state index >= 15 is 0 Å². The summed E-state index contributed by atoms with van der Waals surface area (Å²) >= 11 is 5.89. The maximum absolute atomic E-state index is 9.24. The Labute approximate surface area is 106 Å². The van der Waals surface area contributed by atoms with Crippen molar-refractivity contribution in [3.63, 3.8) is 0 Å². The van der Waals surface area contributed by atoms with Gasteiger partial charge in [-0.15, -0.1) is 0 Å². The monoisotopic (exact) mass is 259 g/mol. The summed E-state index contributed by atoms with van der Waals surface area (Å²) in [6.45, 7) is 5.07. The molecule has 6 heteroatoms. The van der Waals surface area contributed by atoms with E-state index in [-0.39, 0.29) is 17.9 Å². The average Bonchev–Trinajstić information content (AvgIpc) is 2.28. The van der Waals surface area contributed by atoms with Crippen LogP contribution >= 0.6 is 11.6 Å². The number of halogens is 1. The van der Waals surface area contributed by atoms with Crippen molar-refractivity contribution in [3.8, 4) is 0 Å². The molecule has 0 fully saturated rings. The molecule has 0 saturated carbocycles. The number of aromatic nitrogens is 2. The second-order valence-corrected chi connectivity index (χ2v) is 4.32. The molecule has 17 heavy (non-hydrogen) atoms. The van der Waals surface area contributed by atoms with Crippen molar-refractivity contribution in [2.24, 2.45) is 0 Å². The molecule has 0 radical (unpaired) electrons. The number of anilines is 1. The first-order chi connectivity index (χ1) is 8.06. The lowest BCUT2D eigenvalue weighted by molar-refractivity contribution is 0.0845. The third-order valence-electron chi connectivity index (χ3n) is 2.27. The molecule has 0 aliphatic rings. The number of aliphatic hydroxyl groups is 1. The van der Waals surface area contributed by atoms with Gasteiger partial charge in [-0.05, 0) is 13.8 Å². The molecular weight excluding hydrogens is 242 g/mol. The summed E-state index contributed by atoms with van der Waals surface area (Å²) in [5, 5.41) is 9.53. The van der Waals surface area contributed by atoms with Gasteiger partial charge in [-0.25, -0.2) is 9.97 Å². The van der Waals surface area contributed by atoms with Crippen LogP contribution in [0, 0.1) is 0 Å². The molecule has 1 heterocycles. The number of aliphatic hydroxyl groups excluding tert-OH is 1. The fourth-order valence-electron chi connectivity index (χ4n) is 1.38. The minimum absolute atomic E-state index is 0.176. The van der Waals surface area contributed by atoms with E-state index in [9.17, 15) is 5.11 Å². The summed E-state index contributed by atoms with van der Waals surface area (Å²) in [5.74, 6) is 0.639. The Kier molecular flexibility index (Phi) is 5.61. The lowest BCUT2D eigenvalue weighted by Gasteiger charge is -2.21. The molecule has 0 spiro atoms. The number of ether oxygens (including phenoxy) is 1. The SMILES string of the molecule is CC(C)OCCN(C)c1ncnc(Cl)c1CO. The van der Waals surface area contributed by atoms with Gasteiger partial charge in [-0.2, -0.15) is 0 Å². The highest BCUT2D eigenvalue weighted by Crippen LogP contribution is 2.21. The molecular formula is C11H18ClN3O2. The van der Waals surface area contributed by atoms with E-state index in [1.807, 2.05) is 25.8 Å². The van der Waals surface area contributed by atoms with Crippen molar-refractivity contribution in [3.05, 3.63) is 17.0 Å². The summed E-state index contributed by atoms with van der Waals surface area (Å²) in [6.07, 6.45) is 1.59. The first-order valence-corrected chi connectivity index (χ1v) is 5.87. The van der Waals surface area contributed by atoms with Gasteiger partial charge >= 0.3 is 0 Å². The van der Waals surface area contributed by atoms with Crippen LogP contribution in [0.5, 0.6) is 0 Å². The Hall–Kier alpha value is -0.910. The topological polar surface area (TPSA) is 58.5 Å². The minimum atomic E-state index is -0.176. The number of likely N-dealkylation sites (N-methyl/N-ethyl adjacent to an activating group) is 1. The second kappa shape index (κ2) is 6.74. The standard InChI is InChI=1S/C11H18ClN3O2/c1-8(2)17-5-4-15(3)11-9(6-16)10(12)13-7-14-11/h7-8,16H,4-6H2,1-3H3. The van der Waals surface area contributed by atoms with Crippen molar-refractivity contribution >= 4 is 17.4 Å². The zero-order chi connectivity index (χ0) is 12.8. The first kappa shape index (κ1) is 14.2. The van der Waals surface area contributed by atoms with Crippen LogP contribution in [-0.2, 0) is 11.3 Å². The predicted molar refractivity (Wildman–Crippen MR) is 67.3 cm³/mol. The van der Waals surface area contributed by atoms with Crippen LogP contribution < -0.4 is 4.90 Å². The third-order valence-corrected chi connectivity index (χ3v) is 2.59. The van der Waals surface area contributed by atoms with Crippen molar-refractivity contribution in [1.82, 2.24) is 9.97 Å². The highest BCUT2D eigenvalue weighted by atomic mass is 35.5. The lowest BCUT2D eigenvalue weighted by atomic mass is 10.3. The van der Waals surface area contributed by atoms with Crippen LogP contribution in [0.4, 0.5) is 5.82 Å². The van der Waals surface area contributed by atoms with Crippen molar-refractivity contribution in [1.29, 1.82) is 0 Å². The van der Waals surface area contributed by atoms with E-state index in [0.29, 0.717) is 24.5 Å². The van der Waals surface area contributed by atoms with Gasteiger partial charge in [-0.1, -0.05) is 11.6 Å². The fourth-order valence-corrected chi connectivity index (χ4v) is 1.57. The average molecular weight is 260 g/mol. The molecule has 5 nitrogen and oxygen atoms in total. The van der Waals surface area contributed by atoms with Gasteiger partial charge in [0.05, 0.1) is 24.9 Å². The molecule has 0 aliphatic heterocycles. The Morgan fingerprint density at radius 3 is 2.76 bits per heavy atom. The van der Waals surface area contributed by atoms with Crippen LogP contribution in [0.3, 0.4) is 0 Å². The van der Waals surface area contributed by atoms with E-state index < -0.39 is 0 Å². The Bertz CT molecular complexity index is 361. The zero-order valence-corrected chi connectivity index (χ0v) is 11.1. The maximum atomic E-state index is 9.24. The largest absolute Gasteiger partial charge is 0.391 e. The van der Waals surface area contributed by atoms with E-state index in [4.69, 9.17) is 16.3 Å². The molecule has 1 rings (SSSR count). The van der Waals surface area contributed by atoms with Crippen molar-refractivity contribution in [2.45, 2.75) is 26.6 Å². The predicted octanol–water partition coefficient (Wildman–Crippen LogP) is 1.48. The summed E-state index contributed by atoms with van der Waals surface area (Å²) in [6, 6.07) is 0. The van der Waals surface area contributed by atoms with Crippen molar-refractivity contribution < 1.29 is 9.84 Å². The van der Waals surface area contributed by atoms with Gasteiger partial charge in [0.2, 0.25) is 0 Å². The minimum Gasteiger partial charge on any atom is -0.391 e. The summed E-state index contributed by atoms with van der Waals surface area (Å²) in [4.78, 5) is 9.85. The normalized spacial score (nSPS) is 10.9. The number of rotatable bonds is 6. The van der Waals surface area contributed by atoms with Gasteiger partial charge < -0.3 is 14.7 Å². The quantitative estimate of drug-likeness (QED) is 0.785. The smallest absolute Gasteiger partial charge is 0.140 e. The van der Waals surface area contributed by atoms with Crippen LogP contribution in [0.15, 0.2) is 6.33 Å². The zero-order valence-electron chi connectivity index (χ0n) is 10.4. The van der Waals surface area contributed by atoms with Gasteiger partial charge in [0.1, 0.15) is 17.3 Å². The maximum Gasteiger partial charge on any atom is 0.140 e. The Morgan fingerprint density at radius 1 is 1.47 bits per heavy atom. The summed E-state index contributed by atoms with van der Waals surface area (Å²) in [5.41, 5.74) is 0.543. The molecule has 1 aromatic heterocycles. The highest BCUT2D eigenvalue weighted by molar-refractivity contribution is 6.30.